The van der Waals surface area contributed by atoms with Crippen molar-refractivity contribution in [2.24, 2.45) is 10.3 Å². The van der Waals surface area contributed by atoms with E-state index >= 15 is 0 Å². The summed E-state index contributed by atoms with van der Waals surface area (Å²) in [6.07, 6.45) is 0.541. The molecule has 31 heavy (non-hydrogen) atoms. The van der Waals surface area contributed by atoms with Gasteiger partial charge in [0.05, 0.1) is 11.2 Å². The van der Waals surface area contributed by atoms with Gasteiger partial charge in [-0.25, -0.2) is 8.78 Å². The second kappa shape index (κ2) is 7.45. The summed E-state index contributed by atoms with van der Waals surface area (Å²) < 4.78 is 58.0. The van der Waals surface area contributed by atoms with E-state index in [1.54, 1.807) is 6.07 Å². The molecule has 1 aliphatic heterocycles. The summed E-state index contributed by atoms with van der Waals surface area (Å²) in [6.45, 7) is 4.03. The number of fused-ring (bicyclic) bond motifs is 2. The first-order chi connectivity index (χ1) is 14.6. The van der Waals surface area contributed by atoms with E-state index in [9.17, 15) is 27.1 Å². The number of nitrogens with zero attached hydrogens (tertiary/aromatic N) is 2. The summed E-state index contributed by atoms with van der Waals surface area (Å²) >= 11 is 0. The Morgan fingerprint density at radius 1 is 1.16 bits per heavy atom. The second-order valence-electron chi connectivity index (χ2n) is 7.68. The Kier molecular flexibility index (Phi) is 5.04. The van der Waals surface area contributed by atoms with Crippen molar-refractivity contribution in [3.8, 4) is 5.75 Å². The van der Waals surface area contributed by atoms with Gasteiger partial charge in [0.15, 0.2) is 17.5 Å². The van der Waals surface area contributed by atoms with Crippen LogP contribution in [0.4, 0.5) is 14.5 Å². The zero-order valence-electron chi connectivity index (χ0n) is 16.7. The zero-order chi connectivity index (χ0) is 22.5. The highest BCUT2D eigenvalue weighted by Crippen LogP contribution is 2.33. The van der Waals surface area contributed by atoms with E-state index in [0.717, 1.165) is 12.1 Å². The predicted molar refractivity (Wildman–Crippen MR) is 113 cm³/mol. The Morgan fingerprint density at radius 3 is 2.55 bits per heavy atom. The van der Waals surface area contributed by atoms with Gasteiger partial charge in [0.25, 0.3) is 15.6 Å². The van der Waals surface area contributed by atoms with E-state index in [-0.39, 0.29) is 39.8 Å². The lowest BCUT2D eigenvalue weighted by atomic mass is 10.1. The SMILES string of the molecule is CC(C)CCn1c(=O)c(C2=NS(=O)(=O)c3ccccc3N2)c(O)c2cc(F)c(F)cc21. The highest BCUT2D eigenvalue weighted by molar-refractivity contribution is 7.90. The Bertz CT molecular complexity index is 1410. The number of hydrogen-bond donors (Lipinski definition) is 2. The lowest BCUT2D eigenvalue weighted by molar-refractivity contribution is 0.471. The van der Waals surface area contributed by atoms with Crippen LogP contribution in [0.2, 0.25) is 0 Å². The van der Waals surface area contributed by atoms with Crippen LogP contribution >= 0.6 is 0 Å². The number of sulfonamides is 1. The summed E-state index contributed by atoms with van der Waals surface area (Å²) in [6, 6.07) is 7.61. The topological polar surface area (TPSA) is 101 Å². The van der Waals surface area contributed by atoms with Crippen LogP contribution in [0.5, 0.6) is 5.75 Å². The summed E-state index contributed by atoms with van der Waals surface area (Å²) in [5.74, 6) is -3.24. The highest BCUT2D eigenvalue weighted by Gasteiger charge is 2.30. The molecule has 0 bridgehead atoms. The average Bonchev–Trinajstić information content (AvgIpc) is 2.69. The van der Waals surface area contributed by atoms with E-state index in [0.29, 0.717) is 6.42 Å². The van der Waals surface area contributed by atoms with E-state index < -0.39 is 38.5 Å². The van der Waals surface area contributed by atoms with Gasteiger partial charge in [-0.1, -0.05) is 26.0 Å². The molecule has 1 aromatic heterocycles. The molecule has 0 saturated heterocycles. The van der Waals surface area contributed by atoms with Gasteiger partial charge in [-0.3, -0.25) is 4.79 Å². The molecule has 7 nitrogen and oxygen atoms in total. The first-order valence-corrected chi connectivity index (χ1v) is 11.0. The molecular formula is C21H19F2N3O4S. The molecule has 0 spiro atoms. The number of pyridine rings is 1. The Morgan fingerprint density at radius 2 is 1.84 bits per heavy atom. The molecule has 0 fully saturated rings. The van der Waals surface area contributed by atoms with Crippen LogP contribution in [0.1, 0.15) is 25.8 Å². The quantitative estimate of drug-likeness (QED) is 0.637. The van der Waals surface area contributed by atoms with E-state index in [1.165, 1.54) is 22.8 Å². The first kappa shape index (κ1) is 21.0. The van der Waals surface area contributed by atoms with E-state index in [4.69, 9.17) is 0 Å². The third-order valence-electron chi connectivity index (χ3n) is 5.08. The maximum Gasteiger partial charge on any atom is 0.286 e. The molecule has 0 amide bonds. The fraction of sp³-hybridized carbons (Fsp3) is 0.238. The molecule has 0 radical (unpaired) electrons. The number of anilines is 1. The van der Waals surface area contributed by atoms with Gasteiger partial charge in [0, 0.05) is 18.0 Å². The molecule has 0 aliphatic carbocycles. The molecule has 2 aromatic carbocycles. The van der Waals surface area contributed by atoms with Crippen molar-refractivity contribution in [1.29, 1.82) is 0 Å². The number of hydrogen-bond acceptors (Lipinski definition) is 5. The number of para-hydroxylation sites is 1. The number of nitrogens with one attached hydrogen (secondary N) is 1. The molecule has 2 heterocycles. The largest absolute Gasteiger partial charge is 0.506 e. The number of halogens is 2. The third kappa shape index (κ3) is 3.56. The first-order valence-electron chi connectivity index (χ1n) is 9.56. The maximum atomic E-state index is 14.0. The Labute approximate surface area is 176 Å². The fourth-order valence-electron chi connectivity index (χ4n) is 3.48. The van der Waals surface area contributed by atoms with Crippen LogP contribution < -0.4 is 10.9 Å². The van der Waals surface area contributed by atoms with Crippen LogP contribution in [0.25, 0.3) is 10.9 Å². The summed E-state index contributed by atoms with van der Waals surface area (Å²) in [4.78, 5) is 13.2. The summed E-state index contributed by atoms with van der Waals surface area (Å²) in [5, 5.41) is 13.4. The van der Waals surface area contributed by atoms with Gasteiger partial charge in [0.2, 0.25) is 0 Å². The van der Waals surface area contributed by atoms with Crippen LogP contribution in [0.15, 0.2) is 50.5 Å². The molecule has 1 aliphatic rings. The van der Waals surface area contributed by atoms with Crippen molar-refractivity contribution in [3.05, 3.63) is 63.9 Å². The lowest BCUT2D eigenvalue weighted by Gasteiger charge is -2.21. The van der Waals surface area contributed by atoms with Gasteiger partial charge >= 0.3 is 0 Å². The number of rotatable bonds is 4. The number of benzene rings is 2. The average molecular weight is 447 g/mol. The van der Waals surface area contributed by atoms with Gasteiger partial charge < -0.3 is 15.0 Å². The van der Waals surface area contributed by atoms with Crippen molar-refractivity contribution in [2.75, 3.05) is 5.32 Å². The smallest absolute Gasteiger partial charge is 0.286 e. The second-order valence-corrected chi connectivity index (χ2v) is 9.26. The standard InChI is InChI=1S/C21H19F2N3O4S/c1-11(2)7-8-26-16-10-14(23)13(22)9-12(16)19(27)18(21(26)28)20-24-15-5-3-4-6-17(15)31(29,30)25-20/h3-6,9-11,27H,7-8H2,1-2H3,(H,24,25). The minimum Gasteiger partial charge on any atom is -0.506 e. The van der Waals surface area contributed by atoms with Crippen molar-refractivity contribution in [3.63, 3.8) is 0 Å². The highest BCUT2D eigenvalue weighted by atomic mass is 32.2. The third-order valence-corrected chi connectivity index (χ3v) is 6.41. The van der Waals surface area contributed by atoms with E-state index in [1.807, 2.05) is 13.8 Å². The number of aromatic hydroxyl groups is 1. The minimum absolute atomic E-state index is 0.00506. The Hall–Kier alpha value is -3.27. The molecule has 2 N–H and O–H groups in total. The van der Waals surface area contributed by atoms with E-state index in [2.05, 4.69) is 9.71 Å². The molecular weight excluding hydrogens is 428 g/mol. The number of aryl methyl sites for hydroxylation is 1. The lowest BCUT2D eigenvalue weighted by Crippen LogP contribution is -2.33. The normalized spacial score (nSPS) is 14.9. The monoisotopic (exact) mass is 447 g/mol. The molecule has 10 heteroatoms. The van der Waals surface area contributed by atoms with Crippen LogP contribution in [-0.2, 0) is 16.6 Å². The minimum atomic E-state index is -4.15. The molecule has 162 valence electrons. The number of aromatic nitrogens is 1. The Balaban J connectivity index is 2.02. The summed E-state index contributed by atoms with van der Waals surface area (Å²) in [5.41, 5.74) is -1.01. The molecule has 0 saturated carbocycles. The zero-order valence-corrected chi connectivity index (χ0v) is 17.5. The number of amidine groups is 1. The van der Waals surface area contributed by atoms with Crippen molar-refractivity contribution >= 4 is 32.4 Å². The molecule has 0 unspecified atom stereocenters. The molecule has 4 rings (SSSR count). The predicted octanol–water partition coefficient (Wildman–Crippen LogP) is 3.59. The van der Waals surface area contributed by atoms with Crippen LogP contribution in [0.3, 0.4) is 0 Å². The van der Waals surface area contributed by atoms with Crippen molar-refractivity contribution < 1.29 is 22.3 Å². The molecule has 3 aromatic rings. The molecule has 0 atom stereocenters. The van der Waals surface area contributed by atoms with Crippen LogP contribution in [-0.4, -0.2) is 23.9 Å². The van der Waals surface area contributed by atoms with Gasteiger partial charge in [-0.2, -0.15) is 8.42 Å². The van der Waals surface area contributed by atoms with Gasteiger partial charge in [-0.05, 0) is 30.5 Å². The summed E-state index contributed by atoms with van der Waals surface area (Å²) in [7, 11) is -4.15. The van der Waals surface area contributed by atoms with Crippen molar-refractivity contribution in [2.45, 2.75) is 31.7 Å². The maximum absolute atomic E-state index is 14.0. The van der Waals surface area contributed by atoms with Gasteiger partial charge in [0.1, 0.15) is 16.2 Å². The van der Waals surface area contributed by atoms with Crippen molar-refractivity contribution in [1.82, 2.24) is 4.57 Å². The van der Waals surface area contributed by atoms with Gasteiger partial charge in [-0.15, -0.1) is 4.40 Å². The van der Waals surface area contributed by atoms with Crippen LogP contribution in [0, 0.1) is 17.6 Å². The fourth-order valence-corrected chi connectivity index (χ4v) is 4.60.